The zero-order valence-electron chi connectivity index (χ0n) is 14.3. The van der Waals surface area contributed by atoms with Crippen LogP contribution in [0.5, 0.6) is 5.75 Å². The Kier molecular flexibility index (Phi) is 4.12. The number of carbonyl (C=O) groups is 1. The molecule has 0 aliphatic carbocycles. The number of hydrogen-bond acceptors (Lipinski definition) is 5. The predicted molar refractivity (Wildman–Crippen MR) is 93.0 cm³/mol. The fraction of sp³-hybridized carbons (Fsp3) is 0.353. The number of likely N-dealkylation sites (N-methyl/N-ethyl adjacent to an activating group) is 1. The standard InChI is InChI=1S/C17H20N4O4/c1-17(2)10-20(3)14-7-12(13(21(23)24)8-15(14)25-17)16(22)19-9-11-5-4-6-18-11/h4-8,18H,9-10H2,1-3H3,(H,19,22). The van der Waals surface area contributed by atoms with Crippen molar-refractivity contribution in [3.8, 4) is 5.75 Å². The normalized spacial score (nSPS) is 15.2. The Balaban J connectivity index is 1.94. The smallest absolute Gasteiger partial charge is 0.286 e. The molecule has 2 aromatic rings. The molecular weight excluding hydrogens is 324 g/mol. The maximum atomic E-state index is 12.5. The van der Waals surface area contributed by atoms with Crippen molar-refractivity contribution < 1.29 is 14.5 Å². The van der Waals surface area contributed by atoms with Crippen LogP contribution in [0.4, 0.5) is 11.4 Å². The van der Waals surface area contributed by atoms with Crippen LogP contribution in [-0.2, 0) is 6.54 Å². The molecule has 1 aromatic carbocycles. The molecule has 2 N–H and O–H groups in total. The third-order valence-electron chi connectivity index (χ3n) is 4.04. The Bertz CT molecular complexity index is 814. The zero-order chi connectivity index (χ0) is 18.2. The molecule has 0 saturated carbocycles. The number of anilines is 1. The van der Waals surface area contributed by atoms with Gasteiger partial charge >= 0.3 is 0 Å². The van der Waals surface area contributed by atoms with Crippen molar-refractivity contribution in [2.45, 2.75) is 26.0 Å². The molecule has 0 radical (unpaired) electrons. The molecule has 1 amide bonds. The van der Waals surface area contributed by atoms with E-state index in [1.54, 1.807) is 6.20 Å². The summed E-state index contributed by atoms with van der Waals surface area (Å²) >= 11 is 0. The minimum Gasteiger partial charge on any atom is -0.484 e. The van der Waals surface area contributed by atoms with Gasteiger partial charge in [0.2, 0.25) is 0 Å². The molecule has 1 aliphatic heterocycles. The van der Waals surface area contributed by atoms with E-state index in [0.29, 0.717) is 18.0 Å². The SMILES string of the molecule is CN1CC(C)(C)Oc2cc([N+](=O)[O-])c(C(=O)NCc3ccc[nH]3)cc21. The van der Waals surface area contributed by atoms with E-state index < -0.39 is 16.4 Å². The summed E-state index contributed by atoms with van der Waals surface area (Å²) in [7, 11) is 1.87. The van der Waals surface area contributed by atoms with E-state index in [0.717, 1.165) is 5.69 Å². The van der Waals surface area contributed by atoms with Gasteiger partial charge in [-0.2, -0.15) is 0 Å². The van der Waals surface area contributed by atoms with Crippen LogP contribution >= 0.6 is 0 Å². The molecule has 0 saturated heterocycles. The van der Waals surface area contributed by atoms with Gasteiger partial charge in [-0.1, -0.05) is 0 Å². The van der Waals surface area contributed by atoms with Crippen molar-refractivity contribution in [2.24, 2.45) is 0 Å². The maximum Gasteiger partial charge on any atom is 0.286 e. The van der Waals surface area contributed by atoms with Crippen LogP contribution < -0.4 is 15.0 Å². The minimum atomic E-state index is -0.561. The van der Waals surface area contributed by atoms with Crippen molar-refractivity contribution in [1.29, 1.82) is 0 Å². The molecular formula is C17H20N4O4. The number of nitrogens with one attached hydrogen (secondary N) is 2. The number of rotatable bonds is 4. The highest BCUT2D eigenvalue weighted by molar-refractivity contribution is 6.00. The quantitative estimate of drug-likeness (QED) is 0.655. The van der Waals surface area contributed by atoms with E-state index in [-0.39, 0.29) is 17.8 Å². The molecule has 132 valence electrons. The lowest BCUT2D eigenvalue weighted by Gasteiger charge is -2.39. The second kappa shape index (κ2) is 6.12. The average Bonchev–Trinajstić information content (AvgIpc) is 3.03. The predicted octanol–water partition coefficient (Wildman–Crippen LogP) is 2.46. The minimum absolute atomic E-state index is 0.0189. The lowest BCUT2D eigenvalue weighted by molar-refractivity contribution is -0.385. The molecule has 1 aromatic heterocycles. The van der Waals surface area contributed by atoms with Crippen LogP contribution in [0.1, 0.15) is 29.9 Å². The number of H-pyrrole nitrogens is 1. The fourth-order valence-corrected chi connectivity index (χ4v) is 3.01. The van der Waals surface area contributed by atoms with E-state index in [1.165, 1.54) is 12.1 Å². The van der Waals surface area contributed by atoms with Crippen LogP contribution in [0, 0.1) is 10.1 Å². The fourth-order valence-electron chi connectivity index (χ4n) is 3.01. The number of nitrogens with zero attached hydrogens (tertiary/aromatic N) is 2. The Morgan fingerprint density at radius 2 is 2.24 bits per heavy atom. The molecule has 0 fully saturated rings. The highest BCUT2D eigenvalue weighted by atomic mass is 16.6. The van der Waals surface area contributed by atoms with Gasteiger partial charge in [0, 0.05) is 18.9 Å². The van der Waals surface area contributed by atoms with Crippen LogP contribution in [0.25, 0.3) is 0 Å². The Labute approximate surface area is 144 Å². The first kappa shape index (κ1) is 16.8. The van der Waals surface area contributed by atoms with Crippen molar-refractivity contribution >= 4 is 17.3 Å². The molecule has 0 bridgehead atoms. The number of nitro benzene ring substituents is 1. The summed E-state index contributed by atoms with van der Waals surface area (Å²) in [6.07, 6.45) is 1.75. The number of aromatic amines is 1. The van der Waals surface area contributed by atoms with Gasteiger partial charge < -0.3 is 19.9 Å². The summed E-state index contributed by atoms with van der Waals surface area (Å²) in [6.45, 7) is 4.70. The number of amides is 1. The van der Waals surface area contributed by atoms with Crippen LogP contribution in [0.2, 0.25) is 0 Å². The lowest BCUT2D eigenvalue weighted by atomic mass is 10.0. The number of ether oxygens (including phenoxy) is 1. The third-order valence-corrected chi connectivity index (χ3v) is 4.04. The topological polar surface area (TPSA) is 100 Å². The van der Waals surface area contributed by atoms with Gasteiger partial charge in [-0.25, -0.2) is 0 Å². The summed E-state index contributed by atoms with van der Waals surface area (Å²) in [4.78, 5) is 28.3. The van der Waals surface area contributed by atoms with Crippen molar-refractivity contribution in [3.63, 3.8) is 0 Å². The molecule has 25 heavy (non-hydrogen) atoms. The number of aromatic nitrogens is 1. The molecule has 8 heteroatoms. The summed E-state index contributed by atoms with van der Waals surface area (Å²) in [6, 6.07) is 6.49. The second-order valence-corrected chi connectivity index (χ2v) is 6.69. The van der Waals surface area contributed by atoms with Gasteiger partial charge in [-0.3, -0.25) is 14.9 Å². The summed E-state index contributed by atoms with van der Waals surface area (Å²) in [5.41, 5.74) is 0.762. The second-order valence-electron chi connectivity index (χ2n) is 6.69. The Morgan fingerprint density at radius 1 is 1.48 bits per heavy atom. The maximum absolute atomic E-state index is 12.5. The first-order chi connectivity index (χ1) is 11.8. The Morgan fingerprint density at radius 3 is 2.88 bits per heavy atom. The highest BCUT2D eigenvalue weighted by Crippen LogP contribution is 2.40. The van der Waals surface area contributed by atoms with E-state index in [9.17, 15) is 14.9 Å². The Hall–Kier alpha value is -3.03. The van der Waals surface area contributed by atoms with Gasteiger partial charge in [0.1, 0.15) is 16.9 Å². The molecule has 0 spiro atoms. The number of carbonyl (C=O) groups excluding carboxylic acids is 1. The van der Waals surface area contributed by atoms with Crippen LogP contribution in [-0.4, -0.2) is 35.0 Å². The summed E-state index contributed by atoms with van der Waals surface area (Å²) < 4.78 is 5.85. The molecule has 3 rings (SSSR count). The number of benzene rings is 1. The molecule has 1 aliphatic rings. The van der Waals surface area contributed by atoms with Gasteiger partial charge in [0.15, 0.2) is 0 Å². The molecule has 0 unspecified atom stereocenters. The third kappa shape index (κ3) is 3.42. The number of nitro groups is 1. The largest absolute Gasteiger partial charge is 0.484 e. The van der Waals surface area contributed by atoms with Gasteiger partial charge in [0.25, 0.3) is 11.6 Å². The van der Waals surface area contributed by atoms with E-state index in [1.807, 2.05) is 37.9 Å². The van der Waals surface area contributed by atoms with Crippen molar-refractivity contribution in [1.82, 2.24) is 10.3 Å². The zero-order valence-corrected chi connectivity index (χ0v) is 14.3. The first-order valence-electron chi connectivity index (χ1n) is 7.90. The van der Waals surface area contributed by atoms with E-state index in [4.69, 9.17) is 4.74 Å². The van der Waals surface area contributed by atoms with Crippen LogP contribution in [0.3, 0.4) is 0 Å². The summed E-state index contributed by atoms with van der Waals surface area (Å²) in [5.74, 6) is -0.0892. The monoisotopic (exact) mass is 344 g/mol. The van der Waals surface area contributed by atoms with Crippen molar-refractivity contribution in [3.05, 3.63) is 51.8 Å². The lowest BCUT2D eigenvalue weighted by Crippen LogP contribution is -2.45. The summed E-state index contributed by atoms with van der Waals surface area (Å²) in [5, 5.41) is 14.1. The average molecular weight is 344 g/mol. The first-order valence-corrected chi connectivity index (χ1v) is 7.90. The number of hydrogen-bond donors (Lipinski definition) is 2. The molecule has 8 nitrogen and oxygen atoms in total. The number of fused-ring (bicyclic) bond motifs is 1. The van der Waals surface area contributed by atoms with Crippen molar-refractivity contribution in [2.75, 3.05) is 18.5 Å². The van der Waals surface area contributed by atoms with E-state index >= 15 is 0 Å². The highest BCUT2D eigenvalue weighted by Gasteiger charge is 2.33. The molecule has 2 heterocycles. The van der Waals surface area contributed by atoms with Gasteiger partial charge in [-0.05, 0) is 32.0 Å². The van der Waals surface area contributed by atoms with Gasteiger partial charge in [-0.15, -0.1) is 0 Å². The van der Waals surface area contributed by atoms with Gasteiger partial charge in [0.05, 0.1) is 29.8 Å². The van der Waals surface area contributed by atoms with E-state index in [2.05, 4.69) is 10.3 Å². The molecule has 0 atom stereocenters. The van der Waals surface area contributed by atoms with Crippen LogP contribution in [0.15, 0.2) is 30.5 Å².